The number of hydrogen-bond acceptors (Lipinski definition) is 3. The van der Waals surface area contributed by atoms with Gasteiger partial charge in [0, 0.05) is 33.7 Å². The average molecular weight is 781 g/mol. The molecule has 1 aliphatic heterocycles. The van der Waals surface area contributed by atoms with Crippen LogP contribution >= 0.6 is 0 Å². The lowest BCUT2D eigenvalue weighted by atomic mass is 9.76. The number of aromatic nitrogens is 4. The van der Waals surface area contributed by atoms with Crippen molar-refractivity contribution < 1.29 is 0 Å². The van der Waals surface area contributed by atoms with Crippen molar-refractivity contribution in [3.8, 4) is 78.5 Å². The van der Waals surface area contributed by atoms with Gasteiger partial charge >= 0.3 is 0 Å². The first kappa shape index (κ1) is 36.2. The van der Waals surface area contributed by atoms with Gasteiger partial charge in [-0.25, -0.2) is 9.97 Å². The zero-order chi connectivity index (χ0) is 40.5. The highest BCUT2D eigenvalue weighted by Crippen LogP contribution is 2.51. The maximum absolute atomic E-state index is 5.35. The Morgan fingerprint density at radius 2 is 0.820 bits per heavy atom. The van der Waals surface area contributed by atoms with E-state index in [0.717, 1.165) is 67.2 Å². The normalized spacial score (nSPS) is 14.2. The van der Waals surface area contributed by atoms with Crippen LogP contribution in [0.15, 0.2) is 231 Å². The third-order valence-corrected chi connectivity index (χ3v) is 11.9. The lowest BCUT2D eigenvalue weighted by Crippen LogP contribution is -2.26. The molecule has 288 valence electrons. The van der Waals surface area contributed by atoms with Crippen LogP contribution in [-0.2, 0) is 0 Å². The SMILES string of the molecule is c1ccc(-c2cc(-c3ccccc3)cc(-c3nc(-c4ccccc4)cc(-c4ccc(C5c6ccccc6-c6c(-c7ccccc7)cnn6C5c5ccccc5)cc4)n3)c2)cc1. The van der Waals surface area contributed by atoms with Crippen LogP contribution in [0.2, 0.25) is 0 Å². The molecule has 0 aliphatic carbocycles. The van der Waals surface area contributed by atoms with Gasteiger partial charge in [0.25, 0.3) is 0 Å². The van der Waals surface area contributed by atoms with Crippen molar-refractivity contribution in [3.63, 3.8) is 0 Å². The van der Waals surface area contributed by atoms with Gasteiger partial charge in [0.15, 0.2) is 5.82 Å². The highest BCUT2D eigenvalue weighted by Gasteiger charge is 2.38. The van der Waals surface area contributed by atoms with Crippen LogP contribution in [0, 0.1) is 0 Å². The summed E-state index contributed by atoms with van der Waals surface area (Å²) in [6.07, 6.45) is 2.04. The van der Waals surface area contributed by atoms with Crippen molar-refractivity contribution in [1.29, 1.82) is 0 Å². The lowest BCUT2D eigenvalue weighted by molar-refractivity contribution is 0.467. The largest absolute Gasteiger partial charge is 0.256 e. The number of nitrogens with zero attached hydrogens (tertiary/aromatic N) is 4. The van der Waals surface area contributed by atoms with Crippen LogP contribution in [0.4, 0.5) is 0 Å². The Morgan fingerprint density at radius 1 is 0.344 bits per heavy atom. The van der Waals surface area contributed by atoms with Gasteiger partial charge in [0.2, 0.25) is 0 Å². The summed E-state index contributed by atoms with van der Waals surface area (Å²) in [7, 11) is 0. The number of rotatable bonds is 8. The van der Waals surface area contributed by atoms with Gasteiger partial charge in [-0.05, 0) is 68.8 Å². The fourth-order valence-electron chi connectivity index (χ4n) is 9.00. The van der Waals surface area contributed by atoms with Crippen molar-refractivity contribution >= 4 is 0 Å². The van der Waals surface area contributed by atoms with Gasteiger partial charge in [-0.3, -0.25) is 4.68 Å². The average Bonchev–Trinajstić information content (AvgIpc) is 3.80. The highest BCUT2D eigenvalue weighted by atomic mass is 15.3. The maximum Gasteiger partial charge on any atom is 0.160 e. The van der Waals surface area contributed by atoms with Gasteiger partial charge in [0.1, 0.15) is 0 Å². The molecule has 4 heteroatoms. The van der Waals surface area contributed by atoms with Gasteiger partial charge in [-0.15, -0.1) is 0 Å². The minimum absolute atomic E-state index is 0.0154. The van der Waals surface area contributed by atoms with Gasteiger partial charge in [-0.2, -0.15) is 5.10 Å². The van der Waals surface area contributed by atoms with Crippen LogP contribution in [0.5, 0.6) is 0 Å². The smallest absolute Gasteiger partial charge is 0.160 e. The summed E-state index contributed by atoms with van der Waals surface area (Å²) < 4.78 is 2.26. The predicted octanol–water partition coefficient (Wildman–Crippen LogP) is 14.1. The van der Waals surface area contributed by atoms with Gasteiger partial charge in [-0.1, -0.05) is 200 Å². The van der Waals surface area contributed by atoms with Crippen LogP contribution in [-0.4, -0.2) is 19.7 Å². The zero-order valence-electron chi connectivity index (χ0n) is 33.4. The van der Waals surface area contributed by atoms with Gasteiger partial charge in [0.05, 0.1) is 29.3 Å². The number of benzene rings is 8. The third kappa shape index (κ3) is 6.84. The molecule has 11 rings (SSSR count). The van der Waals surface area contributed by atoms with Crippen molar-refractivity contribution in [3.05, 3.63) is 247 Å². The molecule has 10 aromatic rings. The van der Waals surface area contributed by atoms with E-state index in [0.29, 0.717) is 5.82 Å². The minimum atomic E-state index is -0.0551. The molecule has 8 aromatic carbocycles. The summed E-state index contributed by atoms with van der Waals surface area (Å²) in [6.45, 7) is 0. The first-order valence-electron chi connectivity index (χ1n) is 20.8. The fourth-order valence-corrected chi connectivity index (χ4v) is 9.00. The van der Waals surface area contributed by atoms with Crippen molar-refractivity contribution in [2.75, 3.05) is 0 Å². The highest BCUT2D eigenvalue weighted by molar-refractivity contribution is 5.85. The molecule has 0 amide bonds. The van der Waals surface area contributed by atoms with Crippen LogP contribution in [0.3, 0.4) is 0 Å². The third-order valence-electron chi connectivity index (χ3n) is 11.9. The number of fused-ring (bicyclic) bond motifs is 3. The van der Waals surface area contributed by atoms with E-state index in [1.807, 2.05) is 12.3 Å². The van der Waals surface area contributed by atoms with Crippen LogP contribution in [0.1, 0.15) is 28.7 Å². The molecule has 4 nitrogen and oxygen atoms in total. The molecule has 2 unspecified atom stereocenters. The summed E-state index contributed by atoms with van der Waals surface area (Å²) in [5, 5.41) is 5.16. The van der Waals surface area contributed by atoms with Crippen LogP contribution < -0.4 is 0 Å². The molecule has 1 aliphatic rings. The second-order valence-electron chi connectivity index (χ2n) is 15.6. The topological polar surface area (TPSA) is 43.6 Å². The quantitative estimate of drug-likeness (QED) is 0.154. The summed E-state index contributed by atoms with van der Waals surface area (Å²) in [6, 6.07) is 79.6. The van der Waals surface area contributed by atoms with Crippen molar-refractivity contribution in [1.82, 2.24) is 19.7 Å². The molecular weight excluding hydrogens is 741 g/mol. The molecule has 0 saturated carbocycles. The molecule has 0 bridgehead atoms. The van der Waals surface area contributed by atoms with E-state index in [9.17, 15) is 0 Å². The Kier molecular flexibility index (Phi) is 9.29. The van der Waals surface area contributed by atoms with Gasteiger partial charge < -0.3 is 0 Å². The molecule has 2 aromatic heterocycles. The lowest BCUT2D eigenvalue weighted by Gasteiger charge is -2.36. The molecular formula is C57H40N4. The Morgan fingerprint density at radius 3 is 1.41 bits per heavy atom. The van der Waals surface area contributed by atoms with Crippen molar-refractivity contribution in [2.24, 2.45) is 0 Å². The summed E-state index contributed by atoms with van der Waals surface area (Å²) in [4.78, 5) is 10.6. The molecule has 0 spiro atoms. The molecule has 0 saturated heterocycles. The monoisotopic (exact) mass is 780 g/mol. The Balaban J connectivity index is 1.04. The predicted molar refractivity (Wildman–Crippen MR) is 249 cm³/mol. The van der Waals surface area contributed by atoms with E-state index in [1.165, 1.54) is 22.3 Å². The second kappa shape index (κ2) is 15.7. The molecule has 61 heavy (non-hydrogen) atoms. The number of hydrogen-bond donors (Lipinski definition) is 0. The van der Waals surface area contributed by atoms with E-state index in [4.69, 9.17) is 15.1 Å². The van der Waals surface area contributed by atoms with Crippen molar-refractivity contribution in [2.45, 2.75) is 12.0 Å². The van der Waals surface area contributed by atoms with E-state index < -0.39 is 0 Å². The Bertz CT molecular complexity index is 3050. The van der Waals surface area contributed by atoms with E-state index in [-0.39, 0.29) is 12.0 Å². The van der Waals surface area contributed by atoms with E-state index >= 15 is 0 Å². The molecule has 0 N–H and O–H groups in total. The molecule has 0 radical (unpaired) electrons. The van der Waals surface area contributed by atoms with E-state index in [1.54, 1.807) is 0 Å². The minimum Gasteiger partial charge on any atom is -0.256 e. The molecule has 2 atom stereocenters. The second-order valence-corrected chi connectivity index (χ2v) is 15.6. The maximum atomic E-state index is 5.35. The molecule has 0 fully saturated rings. The zero-order valence-corrected chi connectivity index (χ0v) is 33.4. The van der Waals surface area contributed by atoms with E-state index in [2.05, 4.69) is 223 Å². The molecule has 3 heterocycles. The Hall–Kier alpha value is -7.95. The fraction of sp³-hybridized carbons (Fsp3) is 0.0351. The first-order valence-corrected chi connectivity index (χ1v) is 20.8. The standard InChI is InChI=1S/C57H40N4/c1-6-18-39(19-7-1)46-34-47(40-20-8-2-9-21-40)36-48(35-46)57-59-52(42-24-12-4-13-25-42)37-53(60-57)43-30-32-44(33-31-43)54-49-28-16-17-29-50(49)56-51(41-22-10-3-11-23-41)38-58-61(56)55(54)45-26-14-5-15-27-45/h1-38,54-55H. The summed E-state index contributed by atoms with van der Waals surface area (Å²) in [5.74, 6) is 0.697. The van der Waals surface area contributed by atoms with Crippen LogP contribution in [0.25, 0.3) is 78.5 Å². The Labute approximate surface area is 356 Å². The first-order chi connectivity index (χ1) is 30.2. The summed E-state index contributed by atoms with van der Waals surface area (Å²) in [5.41, 5.74) is 17.7. The summed E-state index contributed by atoms with van der Waals surface area (Å²) >= 11 is 0.